The number of nitrogens with one attached hydrogen (secondary N) is 2. The van der Waals surface area contributed by atoms with Gasteiger partial charge in [0.2, 0.25) is 5.91 Å². The Morgan fingerprint density at radius 2 is 1.88 bits per heavy atom. The van der Waals surface area contributed by atoms with Gasteiger partial charge in [-0.15, -0.1) is 11.3 Å². The molecule has 0 unspecified atom stereocenters. The van der Waals surface area contributed by atoms with Crippen LogP contribution in [-0.2, 0) is 11.2 Å². The molecule has 0 atom stereocenters. The molecular formula is C19H18N4O2S. The van der Waals surface area contributed by atoms with Crippen molar-refractivity contribution in [1.29, 1.82) is 0 Å². The molecule has 0 aliphatic carbocycles. The lowest BCUT2D eigenvalue weighted by molar-refractivity contribution is -0.119. The molecule has 0 bridgehead atoms. The summed E-state index contributed by atoms with van der Waals surface area (Å²) in [6.07, 6.45) is 2.01. The van der Waals surface area contributed by atoms with Gasteiger partial charge in [-0.2, -0.15) is 0 Å². The Morgan fingerprint density at radius 1 is 1.12 bits per heavy atom. The molecule has 3 rings (SSSR count). The first kappa shape index (κ1) is 17.8. The van der Waals surface area contributed by atoms with E-state index in [1.54, 1.807) is 25.4 Å². The molecule has 0 saturated carbocycles. The molecule has 0 saturated heterocycles. The van der Waals surface area contributed by atoms with Gasteiger partial charge in [0.25, 0.3) is 5.91 Å². The predicted octanol–water partition coefficient (Wildman–Crippen LogP) is 3.05. The minimum atomic E-state index is -0.207. The van der Waals surface area contributed by atoms with Crippen LogP contribution >= 0.6 is 11.3 Å². The second-order valence-corrected chi connectivity index (χ2v) is 6.65. The van der Waals surface area contributed by atoms with E-state index < -0.39 is 0 Å². The minimum absolute atomic E-state index is 0.0517. The number of pyridine rings is 1. The molecule has 2 amide bonds. The average molecular weight is 366 g/mol. The normalized spacial score (nSPS) is 10.4. The maximum Gasteiger partial charge on any atom is 0.267 e. The van der Waals surface area contributed by atoms with Crippen LogP contribution in [0, 0.1) is 6.92 Å². The van der Waals surface area contributed by atoms with Crippen molar-refractivity contribution in [2.75, 3.05) is 12.4 Å². The summed E-state index contributed by atoms with van der Waals surface area (Å²) in [5, 5.41) is 6.17. The van der Waals surface area contributed by atoms with E-state index in [0.717, 1.165) is 11.3 Å². The van der Waals surface area contributed by atoms with E-state index in [2.05, 4.69) is 20.6 Å². The predicted molar refractivity (Wildman–Crippen MR) is 102 cm³/mol. The lowest BCUT2D eigenvalue weighted by atomic mass is 10.1. The van der Waals surface area contributed by atoms with Crippen LogP contribution in [0.4, 0.5) is 5.69 Å². The highest BCUT2D eigenvalue weighted by Gasteiger charge is 2.17. The molecule has 0 aliphatic rings. The first-order chi connectivity index (χ1) is 12.6. The molecule has 2 heterocycles. The van der Waals surface area contributed by atoms with Gasteiger partial charge in [-0.25, -0.2) is 4.98 Å². The number of amides is 2. The zero-order chi connectivity index (χ0) is 18.5. The molecule has 0 fully saturated rings. The van der Waals surface area contributed by atoms with E-state index in [1.165, 1.54) is 11.3 Å². The Bertz CT molecular complexity index is 920. The monoisotopic (exact) mass is 366 g/mol. The Hall–Kier alpha value is -3.06. The third kappa shape index (κ3) is 4.12. The van der Waals surface area contributed by atoms with Gasteiger partial charge in [-0.05, 0) is 36.8 Å². The van der Waals surface area contributed by atoms with Crippen LogP contribution < -0.4 is 10.6 Å². The first-order valence-corrected chi connectivity index (χ1v) is 8.88. The molecular weight excluding hydrogens is 348 g/mol. The van der Waals surface area contributed by atoms with Crippen LogP contribution in [0.2, 0.25) is 0 Å². The van der Waals surface area contributed by atoms with Crippen LogP contribution in [0.5, 0.6) is 0 Å². The van der Waals surface area contributed by atoms with E-state index in [9.17, 15) is 9.59 Å². The van der Waals surface area contributed by atoms with E-state index in [1.807, 2.05) is 37.3 Å². The van der Waals surface area contributed by atoms with Crippen LogP contribution in [0.25, 0.3) is 10.7 Å². The van der Waals surface area contributed by atoms with Crippen molar-refractivity contribution in [3.8, 4) is 10.7 Å². The van der Waals surface area contributed by atoms with Crippen molar-refractivity contribution in [1.82, 2.24) is 15.3 Å². The molecule has 1 aromatic carbocycles. The van der Waals surface area contributed by atoms with Gasteiger partial charge < -0.3 is 10.6 Å². The van der Waals surface area contributed by atoms with Crippen LogP contribution in [0.15, 0.2) is 48.7 Å². The summed E-state index contributed by atoms with van der Waals surface area (Å²) >= 11 is 1.32. The van der Waals surface area contributed by atoms with Gasteiger partial charge in [0.1, 0.15) is 9.88 Å². The van der Waals surface area contributed by atoms with Gasteiger partial charge >= 0.3 is 0 Å². The molecule has 0 spiro atoms. The summed E-state index contributed by atoms with van der Waals surface area (Å²) in [5.74, 6) is -0.259. The number of likely N-dealkylation sites (N-methyl/N-ethyl adjacent to an activating group) is 1. The second kappa shape index (κ2) is 7.88. The van der Waals surface area contributed by atoms with Crippen LogP contribution in [0.1, 0.15) is 20.9 Å². The number of anilines is 1. The average Bonchev–Trinajstić information content (AvgIpc) is 3.06. The number of aryl methyl sites for hydroxylation is 1. The Balaban J connectivity index is 1.72. The van der Waals surface area contributed by atoms with Crippen molar-refractivity contribution >= 4 is 28.8 Å². The molecule has 132 valence electrons. The van der Waals surface area contributed by atoms with Gasteiger partial charge in [0.05, 0.1) is 17.8 Å². The Labute approximate surface area is 155 Å². The van der Waals surface area contributed by atoms with Gasteiger partial charge in [0.15, 0.2) is 0 Å². The second-order valence-electron chi connectivity index (χ2n) is 5.65. The molecule has 6 nitrogen and oxygen atoms in total. The molecule has 0 aliphatic heterocycles. The van der Waals surface area contributed by atoms with Gasteiger partial charge in [-0.1, -0.05) is 18.2 Å². The number of benzene rings is 1. The number of thiazole rings is 1. The fourth-order valence-corrected chi connectivity index (χ4v) is 3.31. The van der Waals surface area contributed by atoms with Crippen molar-refractivity contribution in [3.05, 3.63) is 64.8 Å². The molecule has 7 heteroatoms. The lowest BCUT2D eigenvalue weighted by Gasteiger charge is -2.06. The highest BCUT2D eigenvalue weighted by Crippen LogP contribution is 2.27. The highest BCUT2D eigenvalue weighted by molar-refractivity contribution is 7.17. The zero-order valence-corrected chi connectivity index (χ0v) is 15.3. The van der Waals surface area contributed by atoms with Crippen molar-refractivity contribution < 1.29 is 9.59 Å². The SMILES string of the molecule is CNC(=O)Cc1ccc(NC(=O)c2sc(-c3ccccn3)nc2C)cc1. The van der Waals surface area contributed by atoms with Gasteiger partial charge in [0, 0.05) is 18.9 Å². The molecule has 3 aromatic rings. The molecule has 2 N–H and O–H groups in total. The van der Waals surface area contributed by atoms with Crippen LogP contribution in [0.3, 0.4) is 0 Å². The fraction of sp³-hybridized carbons (Fsp3) is 0.158. The number of hydrogen-bond acceptors (Lipinski definition) is 5. The maximum atomic E-state index is 12.6. The number of nitrogens with zero attached hydrogens (tertiary/aromatic N) is 2. The van der Waals surface area contributed by atoms with E-state index >= 15 is 0 Å². The summed E-state index contributed by atoms with van der Waals surface area (Å²) in [7, 11) is 1.60. The lowest BCUT2D eigenvalue weighted by Crippen LogP contribution is -2.19. The fourth-order valence-electron chi connectivity index (χ4n) is 2.37. The quantitative estimate of drug-likeness (QED) is 0.727. The molecule has 26 heavy (non-hydrogen) atoms. The third-order valence-electron chi connectivity index (χ3n) is 3.74. The summed E-state index contributed by atoms with van der Waals surface area (Å²) < 4.78 is 0. The highest BCUT2D eigenvalue weighted by atomic mass is 32.1. The number of hydrogen-bond donors (Lipinski definition) is 2. The number of rotatable bonds is 5. The smallest absolute Gasteiger partial charge is 0.267 e. The topological polar surface area (TPSA) is 84.0 Å². The summed E-state index contributed by atoms with van der Waals surface area (Å²) in [4.78, 5) is 33.2. The minimum Gasteiger partial charge on any atom is -0.359 e. The standard InChI is InChI=1S/C19H18N4O2S/c1-12-17(26-19(22-12)15-5-3-4-10-21-15)18(25)23-14-8-6-13(7-9-14)11-16(24)20-2/h3-10H,11H2,1-2H3,(H,20,24)(H,23,25). The van der Waals surface area contributed by atoms with Gasteiger partial charge in [-0.3, -0.25) is 14.6 Å². The zero-order valence-electron chi connectivity index (χ0n) is 14.4. The number of carbonyl (C=O) groups is 2. The van der Waals surface area contributed by atoms with Crippen LogP contribution in [-0.4, -0.2) is 28.8 Å². The third-order valence-corrected chi connectivity index (χ3v) is 4.92. The molecule has 2 aromatic heterocycles. The maximum absolute atomic E-state index is 12.6. The largest absolute Gasteiger partial charge is 0.359 e. The Morgan fingerprint density at radius 3 is 2.54 bits per heavy atom. The first-order valence-electron chi connectivity index (χ1n) is 8.06. The summed E-state index contributed by atoms with van der Waals surface area (Å²) in [5.41, 5.74) is 2.97. The summed E-state index contributed by atoms with van der Waals surface area (Å²) in [6, 6.07) is 12.8. The van der Waals surface area contributed by atoms with Crippen molar-refractivity contribution in [2.45, 2.75) is 13.3 Å². The Kier molecular flexibility index (Phi) is 5.38. The molecule has 0 radical (unpaired) electrons. The number of carbonyl (C=O) groups excluding carboxylic acids is 2. The van der Waals surface area contributed by atoms with E-state index in [-0.39, 0.29) is 11.8 Å². The van der Waals surface area contributed by atoms with Crippen molar-refractivity contribution in [2.24, 2.45) is 0 Å². The van der Waals surface area contributed by atoms with E-state index in [4.69, 9.17) is 0 Å². The van der Waals surface area contributed by atoms with Crippen molar-refractivity contribution in [3.63, 3.8) is 0 Å². The van der Waals surface area contributed by atoms with E-state index in [0.29, 0.717) is 27.7 Å². The number of aromatic nitrogens is 2. The summed E-state index contributed by atoms with van der Waals surface area (Å²) in [6.45, 7) is 1.81.